The standard InChI is InChI=1S/C18H19PSi/c1-20(2,3)18(17-12-8-5-9-13-17)19-15-14-16-10-6-4-7-11-16/h4-13H,1-3H3. The average molecular weight is 294 g/mol. The topological polar surface area (TPSA) is 0 Å². The number of hydrogen-bond acceptors (Lipinski definition) is 0. The lowest BCUT2D eigenvalue weighted by molar-refractivity contribution is 1.65. The van der Waals surface area contributed by atoms with Gasteiger partial charge in [-0.2, -0.15) is 0 Å². The minimum Gasteiger partial charge on any atom is -0.0653 e. The molecule has 0 aromatic heterocycles. The van der Waals surface area contributed by atoms with Gasteiger partial charge in [-0.3, -0.25) is 0 Å². The third kappa shape index (κ3) is 4.20. The van der Waals surface area contributed by atoms with E-state index in [9.17, 15) is 0 Å². The van der Waals surface area contributed by atoms with Crippen LogP contribution in [0.3, 0.4) is 0 Å². The first-order valence-electron chi connectivity index (χ1n) is 6.77. The van der Waals surface area contributed by atoms with Gasteiger partial charge in [0.2, 0.25) is 0 Å². The molecule has 2 aromatic carbocycles. The van der Waals surface area contributed by atoms with Crippen molar-refractivity contribution in [3.63, 3.8) is 0 Å². The summed E-state index contributed by atoms with van der Waals surface area (Å²) in [6, 6.07) is 20.9. The maximum absolute atomic E-state index is 3.33. The Labute approximate surface area is 124 Å². The monoisotopic (exact) mass is 294 g/mol. The zero-order valence-corrected chi connectivity index (χ0v) is 14.1. The fourth-order valence-electron chi connectivity index (χ4n) is 1.93. The summed E-state index contributed by atoms with van der Waals surface area (Å²) in [5, 5.41) is 0. The fraction of sp³-hybridized carbons (Fsp3) is 0.167. The highest BCUT2D eigenvalue weighted by Gasteiger charge is 2.21. The van der Waals surface area contributed by atoms with Crippen LogP contribution in [0.1, 0.15) is 11.1 Å². The molecule has 0 spiro atoms. The molecule has 0 aliphatic rings. The Balaban J connectivity index is 2.34. The van der Waals surface area contributed by atoms with Gasteiger partial charge in [-0.1, -0.05) is 74.1 Å². The van der Waals surface area contributed by atoms with E-state index in [1.807, 2.05) is 18.2 Å². The van der Waals surface area contributed by atoms with Crippen molar-refractivity contribution < 1.29 is 0 Å². The van der Waals surface area contributed by atoms with Crippen LogP contribution in [-0.4, -0.2) is 13.0 Å². The fourth-order valence-corrected chi connectivity index (χ4v) is 5.05. The molecule has 0 saturated carbocycles. The van der Waals surface area contributed by atoms with Crippen LogP contribution in [0.2, 0.25) is 19.6 Å². The summed E-state index contributed by atoms with van der Waals surface area (Å²) in [5.74, 6) is 3.26. The maximum atomic E-state index is 3.33. The molecule has 0 bridgehead atoms. The predicted molar refractivity (Wildman–Crippen MR) is 94.1 cm³/mol. The Morgan fingerprint density at radius 1 is 0.850 bits per heavy atom. The van der Waals surface area contributed by atoms with Crippen LogP contribution in [0.15, 0.2) is 60.7 Å². The van der Waals surface area contributed by atoms with Crippen molar-refractivity contribution in [2.24, 2.45) is 0 Å². The summed E-state index contributed by atoms with van der Waals surface area (Å²) < 4.78 is 0. The second-order valence-corrected chi connectivity index (χ2v) is 12.0. The van der Waals surface area contributed by atoms with E-state index in [-0.39, 0.29) is 0 Å². The van der Waals surface area contributed by atoms with E-state index in [2.05, 4.69) is 73.7 Å². The van der Waals surface area contributed by atoms with Crippen LogP contribution >= 0.6 is 8.20 Å². The quantitative estimate of drug-likeness (QED) is 0.413. The van der Waals surface area contributed by atoms with Crippen molar-refractivity contribution in [2.45, 2.75) is 19.6 Å². The highest BCUT2D eigenvalue weighted by Crippen LogP contribution is 2.19. The number of rotatable bonds is 2. The van der Waals surface area contributed by atoms with Gasteiger partial charge < -0.3 is 0 Å². The summed E-state index contributed by atoms with van der Waals surface area (Å²) in [4.78, 5) is 1.50. The Kier molecular flexibility index (Phi) is 4.96. The third-order valence-electron chi connectivity index (χ3n) is 2.90. The molecule has 0 atom stereocenters. The summed E-state index contributed by atoms with van der Waals surface area (Å²) in [5.41, 5.74) is 5.76. The van der Waals surface area contributed by atoms with E-state index in [0.29, 0.717) is 0 Å². The lowest BCUT2D eigenvalue weighted by atomic mass is 10.2. The zero-order valence-electron chi connectivity index (χ0n) is 12.2. The maximum Gasteiger partial charge on any atom is 0.0851 e. The van der Waals surface area contributed by atoms with Crippen molar-refractivity contribution in [2.75, 3.05) is 0 Å². The number of hydrogen-bond donors (Lipinski definition) is 0. The smallest absolute Gasteiger partial charge is 0.0653 e. The van der Waals surface area contributed by atoms with Crippen molar-refractivity contribution in [3.05, 3.63) is 71.8 Å². The molecular formula is C18H19PSi. The zero-order chi connectivity index (χ0) is 14.4. The SMILES string of the molecule is C[Si](C)(C)C(=PC#Cc1ccccc1)c1ccccc1. The second-order valence-electron chi connectivity index (χ2n) is 5.68. The molecule has 0 fully saturated rings. The highest BCUT2D eigenvalue weighted by molar-refractivity contribution is 7.55. The van der Waals surface area contributed by atoms with Crippen LogP contribution < -0.4 is 0 Å². The highest BCUT2D eigenvalue weighted by atomic mass is 31.1. The van der Waals surface area contributed by atoms with Crippen molar-refractivity contribution >= 4 is 21.2 Å². The first kappa shape index (κ1) is 14.8. The van der Waals surface area contributed by atoms with E-state index < -0.39 is 8.07 Å². The minimum absolute atomic E-state index is 1.09. The molecule has 0 radical (unpaired) electrons. The molecule has 0 saturated heterocycles. The normalized spacial score (nSPS) is 11.7. The van der Waals surface area contributed by atoms with Gasteiger partial charge in [0.1, 0.15) is 0 Å². The Bertz CT molecular complexity index is 641. The molecule has 0 nitrogen and oxygen atoms in total. The van der Waals surface area contributed by atoms with E-state index in [1.54, 1.807) is 0 Å². The van der Waals surface area contributed by atoms with Crippen LogP contribution in [-0.2, 0) is 0 Å². The van der Waals surface area contributed by atoms with Gasteiger partial charge in [0.15, 0.2) is 0 Å². The molecule has 0 heterocycles. The van der Waals surface area contributed by atoms with Crippen LogP contribution in [0.25, 0.3) is 0 Å². The molecule has 0 aliphatic heterocycles. The van der Waals surface area contributed by atoms with Gasteiger partial charge in [0.25, 0.3) is 0 Å². The molecule has 100 valence electrons. The molecule has 0 aliphatic carbocycles. The average Bonchev–Trinajstić information content (AvgIpc) is 2.44. The van der Waals surface area contributed by atoms with E-state index in [4.69, 9.17) is 0 Å². The molecule has 2 aromatic rings. The molecule has 2 heteroatoms. The summed E-state index contributed by atoms with van der Waals surface area (Å²) in [6.45, 7) is 7.14. The molecule has 20 heavy (non-hydrogen) atoms. The molecular weight excluding hydrogens is 275 g/mol. The van der Waals surface area contributed by atoms with Crippen LogP contribution in [0.5, 0.6) is 0 Å². The molecule has 2 rings (SSSR count). The van der Waals surface area contributed by atoms with Crippen molar-refractivity contribution in [1.29, 1.82) is 0 Å². The Hall–Kier alpha value is -1.61. The Morgan fingerprint density at radius 2 is 1.40 bits per heavy atom. The molecule has 0 unspecified atom stereocenters. The van der Waals surface area contributed by atoms with Crippen LogP contribution in [0.4, 0.5) is 0 Å². The lowest BCUT2D eigenvalue weighted by Crippen LogP contribution is -2.32. The molecule has 0 N–H and O–H groups in total. The second kappa shape index (κ2) is 6.71. The minimum atomic E-state index is -1.36. The van der Waals surface area contributed by atoms with E-state index >= 15 is 0 Å². The first-order chi connectivity index (χ1) is 9.57. The summed E-state index contributed by atoms with van der Waals surface area (Å²) in [6.07, 6.45) is 0. The third-order valence-corrected chi connectivity index (χ3v) is 7.66. The molecule has 0 amide bonds. The van der Waals surface area contributed by atoms with Gasteiger partial charge in [-0.25, -0.2) is 0 Å². The summed E-state index contributed by atoms with van der Waals surface area (Å²) >= 11 is 0. The largest absolute Gasteiger partial charge is 0.0851 e. The van der Waals surface area contributed by atoms with E-state index in [0.717, 1.165) is 13.8 Å². The lowest BCUT2D eigenvalue weighted by Gasteiger charge is -2.19. The summed E-state index contributed by atoms with van der Waals surface area (Å²) in [7, 11) is -0.219. The first-order valence-corrected chi connectivity index (χ1v) is 11.2. The van der Waals surface area contributed by atoms with Gasteiger partial charge in [-0.15, -0.1) is 0 Å². The number of benzene rings is 2. The van der Waals surface area contributed by atoms with E-state index in [1.165, 1.54) is 10.5 Å². The van der Waals surface area contributed by atoms with Gasteiger partial charge in [-0.05, 0) is 36.5 Å². The van der Waals surface area contributed by atoms with Crippen molar-refractivity contribution in [3.8, 4) is 11.6 Å². The van der Waals surface area contributed by atoms with Gasteiger partial charge >= 0.3 is 0 Å². The Morgan fingerprint density at radius 3 is 1.95 bits per heavy atom. The van der Waals surface area contributed by atoms with Crippen molar-refractivity contribution in [1.82, 2.24) is 0 Å². The van der Waals surface area contributed by atoms with Crippen LogP contribution in [0, 0.1) is 11.6 Å². The van der Waals surface area contributed by atoms with Gasteiger partial charge in [0.05, 0.1) is 8.07 Å². The predicted octanol–water partition coefficient (Wildman–Crippen LogP) is 5.04. The van der Waals surface area contributed by atoms with Gasteiger partial charge in [0, 0.05) is 5.56 Å².